The minimum absolute atomic E-state index is 0.146. The highest BCUT2D eigenvalue weighted by Crippen LogP contribution is 2.21. The van der Waals surface area contributed by atoms with E-state index in [0.717, 1.165) is 0 Å². The summed E-state index contributed by atoms with van der Waals surface area (Å²) in [5.74, 6) is -0.223. The molecule has 0 fully saturated rings. The van der Waals surface area contributed by atoms with E-state index in [2.05, 4.69) is 21.3 Å². The number of rotatable bonds is 6. The molecule has 0 unspecified atom stereocenters. The molecule has 0 aliphatic carbocycles. The standard InChI is InChI=1S/C18H27ClN4O3/c1-11(2)9-20-16(25)13-7-6-12(8-14(13)19)22-17(26)21-10-15(24)23-18(3,4)5/h6-8,11H,9-10H2,1-5H3,(H,20,25)(H,23,24)(H2,21,22,26). The molecule has 0 saturated carbocycles. The van der Waals surface area contributed by atoms with E-state index in [1.807, 2.05) is 34.6 Å². The molecule has 4 amide bonds. The Kier molecular flexibility index (Phi) is 7.89. The fourth-order valence-electron chi connectivity index (χ4n) is 1.97. The van der Waals surface area contributed by atoms with Gasteiger partial charge in [0.1, 0.15) is 0 Å². The Morgan fingerprint density at radius 2 is 1.77 bits per heavy atom. The molecule has 0 radical (unpaired) electrons. The van der Waals surface area contributed by atoms with Gasteiger partial charge < -0.3 is 21.3 Å². The van der Waals surface area contributed by atoms with Gasteiger partial charge in [0, 0.05) is 17.8 Å². The van der Waals surface area contributed by atoms with Crippen LogP contribution in [0.15, 0.2) is 18.2 Å². The van der Waals surface area contributed by atoms with Crippen molar-refractivity contribution in [2.45, 2.75) is 40.2 Å². The smallest absolute Gasteiger partial charge is 0.319 e. The Hall–Kier alpha value is -2.28. The molecule has 0 heterocycles. The maximum absolute atomic E-state index is 12.1. The quantitative estimate of drug-likeness (QED) is 0.608. The van der Waals surface area contributed by atoms with Gasteiger partial charge in [0.05, 0.1) is 17.1 Å². The zero-order valence-corrected chi connectivity index (χ0v) is 16.6. The summed E-state index contributed by atoms with van der Waals surface area (Å²) in [6.07, 6.45) is 0. The molecule has 144 valence electrons. The van der Waals surface area contributed by atoms with Crippen LogP contribution in [0.1, 0.15) is 45.0 Å². The van der Waals surface area contributed by atoms with Crippen molar-refractivity contribution in [1.29, 1.82) is 0 Å². The Morgan fingerprint density at radius 1 is 1.12 bits per heavy atom. The van der Waals surface area contributed by atoms with Gasteiger partial charge in [-0.15, -0.1) is 0 Å². The molecular formula is C18H27ClN4O3. The molecule has 1 aromatic carbocycles. The first kappa shape index (κ1) is 21.8. The van der Waals surface area contributed by atoms with Crippen LogP contribution in [0.2, 0.25) is 5.02 Å². The fourth-order valence-corrected chi connectivity index (χ4v) is 2.23. The number of hydrogen-bond acceptors (Lipinski definition) is 3. The highest BCUT2D eigenvalue weighted by Gasteiger charge is 2.15. The maximum atomic E-state index is 12.1. The highest BCUT2D eigenvalue weighted by molar-refractivity contribution is 6.34. The third kappa shape index (κ3) is 8.20. The number of nitrogens with one attached hydrogen (secondary N) is 4. The Labute approximate surface area is 159 Å². The average molecular weight is 383 g/mol. The first-order valence-corrected chi connectivity index (χ1v) is 8.79. The van der Waals surface area contributed by atoms with Gasteiger partial charge in [-0.3, -0.25) is 9.59 Å². The molecule has 1 aromatic rings. The van der Waals surface area contributed by atoms with Gasteiger partial charge in [-0.1, -0.05) is 25.4 Å². The third-order valence-corrected chi connectivity index (χ3v) is 3.38. The highest BCUT2D eigenvalue weighted by atomic mass is 35.5. The Morgan fingerprint density at radius 3 is 2.31 bits per heavy atom. The van der Waals surface area contributed by atoms with Crippen molar-refractivity contribution in [2.24, 2.45) is 5.92 Å². The summed E-state index contributed by atoms with van der Waals surface area (Å²) in [5.41, 5.74) is 0.390. The van der Waals surface area contributed by atoms with Crippen LogP contribution in [0.3, 0.4) is 0 Å². The van der Waals surface area contributed by atoms with Crippen LogP contribution in [-0.2, 0) is 4.79 Å². The molecule has 7 nitrogen and oxygen atoms in total. The summed E-state index contributed by atoms with van der Waals surface area (Å²) in [6, 6.07) is 4.06. The van der Waals surface area contributed by atoms with E-state index in [0.29, 0.717) is 23.7 Å². The van der Waals surface area contributed by atoms with Crippen LogP contribution in [0, 0.1) is 5.92 Å². The lowest BCUT2D eigenvalue weighted by Gasteiger charge is -2.20. The van der Waals surface area contributed by atoms with Crippen molar-refractivity contribution in [3.05, 3.63) is 28.8 Å². The van der Waals surface area contributed by atoms with Crippen LogP contribution < -0.4 is 21.3 Å². The third-order valence-electron chi connectivity index (χ3n) is 3.07. The Balaban J connectivity index is 2.57. The molecule has 8 heteroatoms. The molecule has 4 N–H and O–H groups in total. The van der Waals surface area contributed by atoms with E-state index in [1.165, 1.54) is 6.07 Å². The second-order valence-corrected chi connectivity index (χ2v) is 7.81. The zero-order chi connectivity index (χ0) is 19.9. The molecule has 0 spiro atoms. The van der Waals surface area contributed by atoms with Crippen LogP contribution in [-0.4, -0.2) is 36.5 Å². The number of hydrogen-bond donors (Lipinski definition) is 4. The number of carbonyl (C=O) groups is 3. The summed E-state index contributed by atoms with van der Waals surface area (Å²) in [6.45, 7) is 9.95. The van der Waals surface area contributed by atoms with Crippen molar-refractivity contribution in [3.63, 3.8) is 0 Å². The SMILES string of the molecule is CC(C)CNC(=O)c1ccc(NC(=O)NCC(=O)NC(C)(C)C)cc1Cl. The number of halogens is 1. The van der Waals surface area contributed by atoms with Crippen molar-refractivity contribution in [1.82, 2.24) is 16.0 Å². The monoisotopic (exact) mass is 382 g/mol. The molecule has 0 saturated heterocycles. The number of urea groups is 1. The van der Waals surface area contributed by atoms with Gasteiger partial charge in [0.25, 0.3) is 5.91 Å². The molecule has 26 heavy (non-hydrogen) atoms. The molecule has 0 aromatic heterocycles. The molecule has 0 aliphatic rings. The zero-order valence-electron chi connectivity index (χ0n) is 15.8. The van der Waals surface area contributed by atoms with Crippen molar-refractivity contribution < 1.29 is 14.4 Å². The normalized spacial score (nSPS) is 11.0. The van der Waals surface area contributed by atoms with E-state index in [9.17, 15) is 14.4 Å². The van der Waals surface area contributed by atoms with Gasteiger partial charge in [-0.25, -0.2) is 4.79 Å². The predicted octanol–water partition coefficient (Wildman–Crippen LogP) is 2.76. The number of amides is 4. The summed E-state index contributed by atoms with van der Waals surface area (Å²) < 4.78 is 0. The second-order valence-electron chi connectivity index (χ2n) is 7.40. The molecule has 0 bridgehead atoms. The summed E-state index contributed by atoms with van der Waals surface area (Å²) in [5, 5.41) is 10.8. The largest absolute Gasteiger partial charge is 0.352 e. The van der Waals surface area contributed by atoms with E-state index in [-0.39, 0.29) is 28.9 Å². The molecule has 0 aliphatic heterocycles. The summed E-state index contributed by atoms with van der Waals surface area (Å²) >= 11 is 6.13. The van der Waals surface area contributed by atoms with Gasteiger partial charge in [0.2, 0.25) is 5.91 Å². The molecular weight excluding hydrogens is 356 g/mol. The van der Waals surface area contributed by atoms with E-state index in [4.69, 9.17) is 11.6 Å². The topological polar surface area (TPSA) is 99.3 Å². The average Bonchev–Trinajstić information content (AvgIpc) is 2.49. The van der Waals surface area contributed by atoms with E-state index < -0.39 is 6.03 Å². The second kappa shape index (κ2) is 9.43. The van der Waals surface area contributed by atoms with Crippen molar-refractivity contribution in [3.8, 4) is 0 Å². The van der Waals surface area contributed by atoms with Crippen LogP contribution in [0.5, 0.6) is 0 Å². The first-order chi connectivity index (χ1) is 12.0. The molecule has 1 rings (SSSR count). The lowest BCUT2D eigenvalue weighted by atomic mass is 10.1. The Bertz CT molecular complexity index is 669. The summed E-state index contributed by atoms with van der Waals surface area (Å²) in [4.78, 5) is 35.6. The molecule has 0 atom stereocenters. The number of anilines is 1. The first-order valence-electron chi connectivity index (χ1n) is 8.41. The van der Waals surface area contributed by atoms with Gasteiger partial charge in [-0.2, -0.15) is 0 Å². The minimum atomic E-state index is -0.540. The van der Waals surface area contributed by atoms with Crippen LogP contribution in [0.25, 0.3) is 0 Å². The lowest BCUT2D eigenvalue weighted by molar-refractivity contribution is -0.121. The maximum Gasteiger partial charge on any atom is 0.319 e. The van der Waals surface area contributed by atoms with Crippen LogP contribution >= 0.6 is 11.6 Å². The van der Waals surface area contributed by atoms with Crippen molar-refractivity contribution in [2.75, 3.05) is 18.4 Å². The summed E-state index contributed by atoms with van der Waals surface area (Å²) in [7, 11) is 0. The minimum Gasteiger partial charge on any atom is -0.352 e. The van der Waals surface area contributed by atoms with Gasteiger partial charge in [0.15, 0.2) is 0 Å². The lowest BCUT2D eigenvalue weighted by Crippen LogP contribution is -2.46. The van der Waals surface area contributed by atoms with E-state index >= 15 is 0 Å². The predicted molar refractivity (Wildman–Crippen MR) is 104 cm³/mol. The van der Waals surface area contributed by atoms with Gasteiger partial charge in [-0.05, 0) is 44.9 Å². The van der Waals surface area contributed by atoms with Crippen LogP contribution in [0.4, 0.5) is 10.5 Å². The van der Waals surface area contributed by atoms with E-state index in [1.54, 1.807) is 12.1 Å². The van der Waals surface area contributed by atoms with Crippen molar-refractivity contribution >= 4 is 35.1 Å². The van der Waals surface area contributed by atoms with Gasteiger partial charge >= 0.3 is 6.03 Å². The number of benzene rings is 1. The fraction of sp³-hybridized carbons (Fsp3) is 0.500. The number of carbonyl (C=O) groups excluding carboxylic acids is 3.